The fourth-order valence-corrected chi connectivity index (χ4v) is 1.68. The molecule has 0 radical (unpaired) electrons. The number of nitrogens with two attached hydrogens (primary N) is 1. The van der Waals surface area contributed by atoms with Crippen LogP contribution in [0, 0.1) is 6.92 Å². The Labute approximate surface area is 113 Å². The Morgan fingerprint density at radius 3 is 2.47 bits per heavy atom. The molecular weight excluding hydrogens is 238 g/mol. The number of nitrogen functional groups attached to an aromatic ring is 1. The van der Waals surface area contributed by atoms with Crippen molar-refractivity contribution in [3.05, 3.63) is 41.9 Å². The molecule has 0 spiro atoms. The van der Waals surface area contributed by atoms with E-state index in [2.05, 4.69) is 30.7 Å². The molecule has 4 heteroatoms. The molecular formula is C15H19N3O. The summed E-state index contributed by atoms with van der Waals surface area (Å²) in [6.45, 7) is 8.19. The van der Waals surface area contributed by atoms with Gasteiger partial charge in [0.15, 0.2) is 0 Å². The number of nitrogens with zero attached hydrogens (tertiary/aromatic N) is 2. The van der Waals surface area contributed by atoms with E-state index in [9.17, 15) is 0 Å². The quantitative estimate of drug-likeness (QED) is 0.837. The molecule has 0 unspecified atom stereocenters. The summed E-state index contributed by atoms with van der Waals surface area (Å²) in [4.78, 5) is 8.75. The predicted octanol–water partition coefficient (Wildman–Crippen LogP) is 3.46. The zero-order valence-electron chi connectivity index (χ0n) is 11.8. The van der Waals surface area contributed by atoms with Crippen LogP contribution in [0.25, 0.3) is 0 Å². The summed E-state index contributed by atoms with van der Waals surface area (Å²) in [7, 11) is 0. The summed E-state index contributed by atoms with van der Waals surface area (Å²) in [6.07, 6.45) is 0. The summed E-state index contributed by atoms with van der Waals surface area (Å²) in [5.74, 6) is 1.92. The minimum Gasteiger partial charge on any atom is -0.439 e. The minimum atomic E-state index is -0.0402. The Morgan fingerprint density at radius 2 is 1.84 bits per heavy atom. The lowest BCUT2D eigenvalue weighted by Crippen LogP contribution is -2.15. The van der Waals surface area contributed by atoms with Crippen molar-refractivity contribution in [2.75, 3.05) is 5.73 Å². The highest BCUT2D eigenvalue weighted by molar-refractivity contribution is 5.44. The Hall–Kier alpha value is -2.10. The van der Waals surface area contributed by atoms with Crippen molar-refractivity contribution in [2.45, 2.75) is 33.1 Å². The average molecular weight is 257 g/mol. The number of anilines is 1. The van der Waals surface area contributed by atoms with Crippen molar-refractivity contribution in [1.82, 2.24) is 9.97 Å². The van der Waals surface area contributed by atoms with E-state index < -0.39 is 0 Å². The summed E-state index contributed by atoms with van der Waals surface area (Å²) < 4.78 is 5.74. The van der Waals surface area contributed by atoms with Crippen LogP contribution in [-0.4, -0.2) is 9.97 Å². The summed E-state index contributed by atoms with van der Waals surface area (Å²) in [5.41, 5.74) is 7.31. The van der Waals surface area contributed by atoms with Gasteiger partial charge in [-0.3, -0.25) is 0 Å². The van der Waals surface area contributed by atoms with Crippen LogP contribution in [0.5, 0.6) is 11.6 Å². The molecule has 0 fully saturated rings. The Bertz CT molecular complexity index is 588. The first kappa shape index (κ1) is 13.3. The van der Waals surface area contributed by atoms with Gasteiger partial charge in [0.1, 0.15) is 11.6 Å². The maximum Gasteiger partial charge on any atom is 0.222 e. The Morgan fingerprint density at radius 1 is 1.11 bits per heavy atom. The van der Waals surface area contributed by atoms with Crippen LogP contribution < -0.4 is 10.5 Å². The molecule has 0 aliphatic carbocycles. The smallest absolute Gasteiger partial charge is 0.222 e. The van der Waals surface area contributed by atoms with Gasteiger partial charge in [0.2, 0.25) is 5.88 Å². The number of aromatic nitrogens is 2. The third-order valence-corrected chi connectivity index (χ3v) is 2.66. The number of benzene rings is 1. The molecule has 0 aliphatic heterocycles. The van der Waals surface area contributed by atoms with Crippen molar-refractivity contribution < 1.29 is 4.74 Å². The van der Waals surface area contributed by atoms with E-state index in [1.54, 1.807) is 6.07 Å². The van der Waals surface area contributed by atoms with E-state index in [0.29, 0.717) is 23.1 Å². The zero-order valence-corrected chi connectivity index (χ0v) is 11.8. The lowest BCUT2D eigenvalue weighted by Gasteiger charge is -2.18. The van der Waals surface area contributed by atoms with Crippen LogP contribution in [0.2, 0.25) is 0 Å². The van der Waals surface area contributed by atoms with Crippen LogP contribution in [0.4, 0.5) is 5.69 Å². The van der Waals surface area contributed by atoms with Gasteiger partial charge in [0.05, 0.1) is 5.69 Å². The van der Waals surface area contributed by atoms with Gasteiger partial charge in [-0.15, -0.1) is 0 Å². The van der Waals surface area contributed by atoms with Gasteiger partial charge in [-0.05, 0) is 19.1 Å². The van der Waals surface area contributed by atoms with Gasteiger partial charge < -0.3 is 10.5 Å². The van der Waals surface area contributed by atoms with E-state index >= 15 is 0 Å². The summed E-state index contributed by atoms with van der Waals surface area (Å²) in [6, 6.07) is 9.16. The fourth-order valence-electron chi connectivity index (χ4n) is 1.68. The molecule has 2 N–H and O–H groups in total. The molecule has 0 aliphatic rings. The van der Waals surface area contributed by atoms with Gasteiger partial charge in [0.25, 0.3) is 0 Å². The predicted molar refractivity (Wildman–Crippen MR) is 76.4 cm³/mol. The molecule has 4 nitrogen and oxygen atoms in total. The lowest BCUT2D eigenvalue weighted by molar-refractivity contribution is 0.452. The van der Waals surface area contributed by atoms with Gasteiger partial charge >= 0.3 is 0 Å². The number of aryl methyl sites for hydroxylation is 1. The maximum absolute atomic E-state index is 5.74. The highest BCUT2D eigenvalue weighted by atomic mass is 16.5. The Balaban J connectivity index is 2.33. The molecule has 19 heavy (non-hydrogen) atoms. The molecule has 1 aromatic carbocycles. The number of hydrogen-bond acceptors (Lipinski definition) is 4. The fraction of sp³-hybridized carbons (Fsp3) is 0.333. The molecule has 1 heterocycles. The first-order valence-electron chi connectivity index (χ1n) is 6.24. The monoisotopic (exact) mass is 257 g/mol. The van der Waals surface area contributed by atoms with Gasteiger partial charge in [0, 0.05) is 23.2 Å². The standard InChI is InChI=1S/C15H19N3O/c1-10-17-13(15(2,3)4)9-14(18-10)19-12-7-5-6-11(16)8-12/h5-9H,16H2,1-4H3. The van der Waals surface area contributed by atoms with Crippen molar-refractivity contribution in [3.63, 3.8) is 0 Å². The molecule has 0 saturated carbocycles. The number of ether oxygens (including phenoxy) is 1. The van der Waals surface area contributed by atoms with E-state index in [4.69, 9.17) is 10.5 Å². The highest BCUT2D eigenvalue weighted by Gasteiger charge is 2.17. The van der Waals surface area contributed by atoms with Crippen LogP contribution >= 0.6 is 0 Å². The van der Waals surface area contributed by atoms with Crippen molar-refractivity contribution in [3.8, 4) is 11.6 Å². The van der Waals surface area contributed by atoms with Crippen molar-refractivity contribution in [2.24, 2.45) is 0 Å². The third kappa shape index (κ3) is 3.44. The van der Waals surface area contributed by atoms with Crippen molar-refractivity contribution >= 4 is 5.69 Å². The zero-order chi connectivity index (χ0) is 14.0. The second kappa shape index (κ2) is 4.88. The van der Waals surface area contributed by atoms with E-state index in [1.165, 1.54) is 0 Å². The first-order valence-corrected chi connectivity index (χ1v) is 6.24. The molecule has 0 bridgehead atoms. The molecule has 100 valence electrons. The SMILES string of the molecule is Cc1nc(Oc2cccc(N)c2)cc(C(C)(C)C)n1. The molecule has 0 saturated heterocycles. The molecule has 1 aromatic heterocycles. The molecule has 2 aromatic rings. The van der Waals surface area contributed by atoms with Gasteiger partial charge in [-0.2, -0.15) is 4.98 Å². The highest BCUT2D eigenvalue weighted by Crippen LogP contribution is 2.26. The number of rotatable bonds is 2. The number of hydrogen-bond donors (Lipinski definition) is 1. The summed E-state index contributed by atoms with van der Waals surface area (Å²) >= 11 is 0. The van der Waals surface area contributed by atoms with Crippen LogP contribution in [0.3, 0.4) is 0 Å². The second-order valence-electron chi connectivity index (χ2n) is 5.56. The second-order valence-corrected chi connectivity index (χ2v) is 5.56. The average Bonchev–Trinajstić information content (AvgIpc) is 2.26. The first-order chi connectivity index (χ1) is 8.84. The maximum atomic E-state index is 5.74. The van der Waals surface area contributed by atoms with Crippen LogP contribution in [0.15, 0.2) is 30.3 Å². The van der Waals surface area contributed by atoms with E-state index in [1.807, 2.05) is 31.2 Å². The molecule has 2 rings (SSSR count). The Kier molecular flexibility index (Phi) is 3.42. The third-order valence-electron chi connectivity index (χ3n) is 2.66. The lowest BCUT2D eigenvalue weighted by atomic mass is 9.92. The molecule has 0 amide bonds. The minimum absolute atomic E-state index is 0.0402. The van der Waals surface area contributed by atoms with Crippen LogP contribution in [0.1, 0.15) is 32.3 Å². The molecule has 0 atom stereocenters. The topological polar surface area (TPSA) is 61.0 Å². The largest absolute Gasteiger partial charge is 0.439 e. The van der Waals surface area contributed by atoms with Gasteiger partial charge in [-0.1, -0.05) is 26.8 Å². The van der Waals surface area contributed by atoms with Crippen molar-refractivity contribution in [1.29, 1.82) is 0 Å². The van der Waals surface area contributed by atoms with E-state index in [0.717, 1.165) is 5.69 Å². The summed E-state index contributed by atoms with van der Waals surface area (Å²) in [5, 5.41) is 0. The normalized spacial score (nSPS) is 11.4. The van der Waals surface area contributed by atoms with Crippen LogP contribution in [-0.2, 0) is 5.41 Å². The van der Waals surface area contributed by atoms with E-state index in [-0.39, 0.29) is 5.41 Å². The van der Waals surface area contributed by atoms with Gasteiger partial charge in [-0.25, -0.2) is 4.98 Å².